The van der Waals surface area contributed by atoms with Gasteiger partial charge in [-0.3, -0.25) is 4.57 Å². The van der Waals surface area contributed by atoms with Crippen molar-refractivity contribution in [1.82, 2.24) is 0 Å². The molecule has 18 heavy (non-hydrogen) atoms. The number of nitrogens with zero attached hydrogens (tertiary/aromatic N) is 1. The molecule has 2 unspecified atom stereocenters. The minimum absolute atomic E-state index is 0.153. The van der Waals surface area contributed by atoms with Crippen LogP contribution in [0.15, 0.2) is 35.5 Å². The van der Waals surface area contributed by atoms with Gasteiger partial charge in [-0.1, -0.05) is 30.3 Å². The zero-order valence-corrected chi connectivity index (χ0v) is 11.4. The van der Waals surface area contributed by atoms with E-state index in [4.69, 9.17) is 14.3 Å². The molecule has 0 spiro atoms. The molecule has 0 radical (unpaired) electrons. The van der Waals surface area contributed by atoms with E-state index in [0.29, 0.717) is 6.42 Å². The molecular weight excluding hydrogens is 253 g/mol. The van der Waals surface area contributed by atoms with E-state index in [1.807, 2.05) is 30.3 Å². The fourth-order valence-electron chi connectivity index (χ4n) is 1.40. The number of hydrogen-bond acceptors (Lipinski definition) is 5. The summed E-state index contributed by atoms with van der Waals surface area (Å²) in [6.07, 6.45) is 1.05. The standard InChI is InChI=1S/C12H18NO4P/c1-10(2)16-18(15)17-12(8-9-13-14)11-6-4-3-5-7-11/h3-7,9-10,12,14,18H,8H2,1-2H3. The average Bonchev–Trinajstić information content (AvgIpc) is 2.34. The Labute approximate surface area is 107 Å². The maximum absolute atomic E-state index is 11.6. The van der Waals surface area contributed by atoms with Crippen molar-refractivity contribution < 1.29 is 18.8 Å². The highest BCUT2D eigenvalue weighted by molar-refractivity contribution is 7.33. The molecular formula is C12H18NO4P. The molecule has 0 bridgehead atoms. The lowest BCUT2D eigenvalue weighted by Crippen LogP contribution is -2.03. The summed E-state index contributed by atoms with van der Waals surface area (Å²) in [5.41, 5.74) is 0.864. The molecule has 2 atom stereocenters. The van der Waals surface area contributed by atoms with Gasteiger partial charge in [0.15, 0.2) is 0 Å². The van der Waals surface area contributed by atoms with Gasteiger partial charge < -0.3 is 14.3 Å². The van der Waals surface area contributed by atoms with Crippen molar-refractivity contribution in [2.45, 2.75) is 32.5 Å². The fourth-order valence-corrected chi connectivity index (χ4v) is 2.30. The van der Waals surface area contributed by atoms with Crippen LogP contribution in [0.3, 0.4) is 0 Å². The van der Waals surface area contributed by atoms with Crippen LogP contribution < -0.4 is 0 Å². The molecule has 0 fully saturated rings. The first-order chi connectivity index (χ1) is 8.63. The molecule has 0 aliphatic rings. The van der Waals surface area contributed by atoms with E-state index >= 15 is 0 Å². The van der Waals surface area contributed by atoms with Crippen LogP contribution >= 0.6 is 8.25 Å². The zero-order valence-electron chi connectivity index (χ0n) is 10.4. The molecule has 5 nitrogen and oxygen atoms in total. The first-order valence-electron chi connectivity index (χ1n) is 5.71. The lowest BCUT2D eigenvalue weighted by atomic mass is 10.1. The second kappa shape index (κ2) is 8.03. The van der Waals surface area contributed by atoms with Gasteiger partial charge in [0, 0.05) is 12.6 Å². The number of benzene rings is 1. The highest BCUT2D eigenvalue weighted by Gasteiger charge is 2.15. The Morgan fingerprint density at radius 1 is 1.33 bits per heavy atom. The smallest absolute Gasteiger partial charge is 0.319 e. The van der Waals surface area contributed by atoms with Crippen LogP contribution in [0, 0.1) is 0 Å². The van der Waals surface area contributed by atoms with Crippen LogP contribution in [0.25, 0.3) is 0 Å². The number of hydrogen-bond donors (Lipinski definition) is 1. The highest BCUT2D eigenvalue weighted by Crippen LogP contribution is 2.35. The van der Waals surface area contributed by atoms with Crippen LogP contribution in [0.4, 0.5) is 0 Å². The van der Waals surface area contributed by atoms with Crippen molar-refractivity contribution in [1.29, 1.82) is 0 Å². The molecule has 1 aromatic rings. The third-order valence-corrected chi connectivity index (χ3v) is 3.28. The van der Waals surface area contributed by atoms with Crippen LogP contribution in [-0.2, 0) is 13.6 Å². The molecule has 100 valence electrons. The predicted molar refractivity (Wildman–Crippen MR) is 70.4 cm³/mol. The SMILES string of the molecule is CC(C)O[PH](=O)OC(CC=NO)c1ccccc1. The topological polar surface area (TPSA) is 68.1 Å². The van der Waals surface area contributed by atoms with Gasteiger partial charge >= 0.3 is 8.25 Å². The lowest BCUT2D eigenvalue weighted by Gasteiger charge is -2.17. The second-order valence-electron chi connectivity index (χ2n) is 3.97. The van der Waals surface area contributed by atoms with Crippen LogP contribution in [0.1, 0.15) is 31.9 Å². The van der Waals surface area contributed by atoms with Gasteiger partial charge in [0.25, 0.3) is 0 Å². The largest absolute Gasteiger partial charge is 0.411 e. The molecule has 0 saturated heterocycles. The van der Waals surface area contributed by atoms with Gasteiger partial charge in [-0.15, -0.1) is 5.16 Å². The zero-order chi connectivity index (χ0) is 13.4. The Bertz CT molecular complexity index is 394. The van der Waals surface area contributed by atoms with Crippen molar-refractivity contribution >= 4 is 14.5 Å². The lowest BCUT2D eigenvalue weighted by molar-refractivity contribution is 0.147. The molecule has 0 aliphatic heterocycles. The molecule has 0 saturated carbocycles. The molecule has 1 rings (SSSR count). The van der Waals surface area contributed by atoms with Crippen LogP contribution in [-0.4, -0.2) is 17.5 Å². The first-order valence-corrected chi connectivity index (χ1v) is 6.94. The third-order valence-electron chi connectivity index (χ3n) is 2.14. The Balaban J connectivity index is 2.70. The fraction of sp³-hybridized carbons (Fsp3) is 0.417. The van der Waals surface area contributed by atoms with Crippen molar-refractivity contribution in [2.24, 2.45) is 5.16 Å². The third kappa shape index (κ3) is 5.45. The quantitative estimate of drug-likeness (QED) is 0.357. The van der Waals surface area contributed by atoms with Crippen LogP contribution in [0.5, 0.6) is 0 Å². The predicted octanol–water partition coefficient (Wildman–Crippen LogP) is 3.41. The van der Waals surface area contributed by atoms with Gasteiger partial charge in [-0.05, 0) is 19.4 Å². The molecule has 0 amide bonds. The summed E-state index contributed by atoms with van der Waals surface area (Å²) in [4.78, 5) is 0. The Morgan fingerprint density at radius 2 is 2.00 bits per heavy atom. The second-order valence-corrected chi connectivity index (χ2v) is 4.94. The van der Waals surface area contributed by atoms with E-state index in [2.05, 4.69) is 5.16 Å². The van der Waals surface area contributed by atoms with E-state index in [0.717, 1.165) is 5.56 Å². The molecule has 0 aromatic heterocycles. The Morgan fingerprint density at radius 3 is 2.56 bits per heavy atom. The monoisotopic (exact) mass is 271 g/mol. The number of rotatable bonds is 7. The first kappa shape index (κ1) is 14.9. The summed E-state index contributed by atoms with van der Waals surface area (Å²) in [7, 11) is -2.56. The van der Waals surface area contributed by atoms with E-state index < -0.39 is 14.4 Å². The van der Waals surface area contributed by atoms with Crippen LogP contribution in [0.2, 0.25) is 0 Å². The molecule has 0 heterocycles. The minimum atomic E-state index is -2.56. The van der Waals surface area contributed by atoms with E-state index in [1.165, 1.54) is 6.21 Å². The Hall–Kier alpha value is -1.16. The summed E-state index contributed by atoms with van der Waals surface area (Å²) in [6, 6.07) is 9.33. The Kier molecular flexibility index (Phi) is 6.65. The van der Waals surface area contributed by atoms with Crippen molar-refractivity contribution in [3.05, 3.63) is 35.9 Å². The van der Waals surface area contributed by atoms with Crippen molar-refractivity contribution in [3.63, 3.8) is 0 Å². The van der Waals surface area contributed by atoms with E-state index in [1.54, 1.807) is 13.8 Å². The van der Waals surface area contributed by atoms with Gasteiger partial charge in [0.1, 0.15) is 0 Å². The maximum Gasteiger partial charge on any atom is 0.319 e. The van der Waals surface area contributed by atoms with E-state index in [-0.39, 0.29) is 6.10 Å². The number of oxime groups is 1. The van der Waals surface area contributed by atoms with Crippen molar-refractivity contribution in [3.8, 4) is 0 Å². The van der Waals surface area contributed by atoms with Gasteiger partial charge in [-0.2, -0.15) is 0 Å². The highest BCUT2D eigenvalue weighted by atomic mass is 31.1. The van der Waals surface area contributed by atoms with Gasteiger partial charge in [-0.25, -0.2) is 0 Å². The minimum Gasteiger partial charge on any atom is -0.411 e. The summed E-state index contributed by atoms with van der Waals surface area (Å²) >= 11 is 0. The summed E-state index contributed by atoms with van der Waals surface area (Å²) in [5.74, 6) is 0. The average molecular weight is 271 g/mol. The molecule has 1 aromatic carbocycles. The molecule has 0 aliphatic carbocycles. The van der Waals surface area contributed by atoms with E-state index in [9.17, 15) is 4.57 Å². The maximum atomic E-state index is 11.6. The molecule has 1 N–H and O–H groups in total. The normalized spacial score (nSPS) is 15.1. The van der Waals surface area contributed by atoms with Gasteiger partial charge in [0.2, 0.25) is 0 Å². The van der Waals surface area contributed by atoms with Crippen molar-refractivity contribution in [2.75, 3.05) is 0 Å². The summed E-state index contributed by atoms with van der Waals surface area (Å²) in [5, 5.41) is 11.4. The molecule has 6 heteroatoms. The van der Waals surface area contributed by atoms with Gasteiger partial charge in [0.05, 0.1) is 12.2 Å². The summed E-state index contributed by atoms with van der Waals surface area (Å²) in [6.45, 7) is 3.58. The summed E-state index contributed by atoms with van der Waals surface area (Å²) < 4.78 is 22.1.